The van der Waals surface area contributed by atoms with Crippen molar-refractivity contribution in [1.82, 2.24) is 4.57 Å². The highest BCUT2D eigenvalue weighted by atomic mass is 32.1. The first kappa shape index (κ1) is 19.5. The van der Waals surface area contributed by atoms with Crippen LogP contribution in [0.25, 0.3) is 10.9 Å². The van der Waals surface area contributed by atoms with Gasteiger partial charge in [0.1, 0.15) is 11.4 Å². The number of carbonyl (C=O) groups excluding carboxylic acids is 1. The van der Waals surface area contributed by atoms with E-state index in [0.29, 0.717) is 12.3 Å². The molecule has 3 rings (SSSR count). The zero-order valence-electron chi connectivity index (χ0n) is 16.1. The van der Waals surface area contributed by atoms with Crippen molar-refractivity contribution >= 4 is 28.2 Å². The molecule has 0 atom stereocenters. The zero-order chi connectivity index (χ0) is 19.1. The number of fused-ring (bicyclic) bond motifs is 1. The standard InChI is InChI=1S/C22H27NO3S/c1-3-5-6-12-26-19-7-8-20-18(14-19)15-21(22(24)25-4-2)23(20)11-9-17-10-13-27-16-17/h7-8,10,13-16H,3-6,9,11-12H2,1-2H3. The molecule has 0 aliphatic carbocycles. The molecule has 0 saturated carbocycles. The maximum Gasteiger partial charge on any atom is 0.354 e. The third kappa shape index (κ3) is 4.92. The number of esters is 1. The lowest BCUT2D eigenvalue weighted by atomic mass is 10.2. The van der Waals surface area contributed by atoms with Gasteiger partial charge in [-0.1, -0.05) is 19.8 Å². The first-order chi connectivity index (χ1) is 13.2. The third-order valence-corrected chi connectivity index (χ3v) is 5.31. The van der Waals surface area contributed by atoms with Crippen molar-refractivity contribution in [2.75, 3.05) is 13.2 Å². The van der Waals surface area contributed by atoms with Gasteiger partial charge in [-0.2, -0.15) is 11.3 Å². The first-order valence-corrected chi connectivity index (χ1v) is 10.6. The molecule has 3 aromatic rings. The fourth-order valence-corrected chi connectivity index (χ4v) is 3.87. The second-order valence-corrected chi connectivity index (χ2v) is 7.34. The number of hydrogen-bond donors (Lipinski definition) is 0. The molecule has 2 aromatic heterocycles. The lowest BCUT2D eigenvalue weighted by molar-refractivity contribution is 0.0514. The fourth-order valence-electron chi connectivity index (χ4n) is 3.17. The molecular weight excluding hydrogens is 358 g/mol. The van der Waals surface area contributed by atoms with Crippen molar-refractivity contribution < 1.29 is 14.3 Å². The van der Waals surface area contributed by atoms with E-state index in [4.69, 9.17) is 9.47 Å². The maximum atomic E-state index is 12.5. The molecule has 2 heterocycles. The van der Waals surface area contributed by atoms with Gasteiger partial charge < -0.3 is 14.0 Å². The van der Waals surface area contributed by atoms with Crippen molar-refractivity contribution in [2.24, 2.45) is 0 Å². The quantitative estimate of drug-likeness (QED) is 0.332. The van der Waals surface area contributed by atoms with Crippen LogP contribution >= 0.6 is 11.3 Å². The van der Waals surface area contributed by atoms with Crippen molar-refractivity contribution in [3.05, 3.63) is 52.3 Å². The molecule has 0 fully saturated rings. The van der Waals surface area contributed by atoms with Crippen LogP contribution in [-0.4, -0.2) is 23.8 Å². The Hall–Kier alpha value is -2.27. The first-order valence-electron chi connectivity index (χ1n) is 9.67. The summed E-state index contributed by atoms with van der Waals surface area (Å²) < 4.78 is 13.2. The number of rotatable bonds is 10. The van der Waals surface area contributed by atoms with Crippen LogP contribution in [0.4, 0.5) is 0 Å². The molecule has 27 heavy (non-hydrogen) atoms. The van der Waals surface area contributed by atoms with E-state index in [1.807, 2.05) is 31.2 Å². The molecule has 0 spiro atoms. The summed E-state index contributed by atoms with van der Waals surface area (Å²) in [7, 11) is 0. The second-order valence-electron chi connectivity index (χ2n) is 6.56. The number of nitrogens with zero attached hydrogens (tertiary/aromatic N) is 1. The number of aromatic nitrogens is 1. The van der Waals surface area contributed by atoms with Crippen LogP contribution in [0.1, 0.15) is 49.2 Å². The van der Waals surface area contributed by atoms with Gasteiger partial charge in [0.2, 0.25) is 0 Å². The fraction of sp³-hybridized carbons (Fsp3) is 0.409. The molecule has 0 radical (unpaired) electrons. The molecule has 0 bridgehead atoms. The number of aryl methyl sites for hydroxylation is 2. The Morgan fingerprint density at radius 3 is 2.78 bits per heavy atom. The van der Waals surface area contributed by atoms with Crippen LogP contribution < -0.4 is 4.74 Å². The molecule has 0 N–H and O–H groups in total. The number of ether oxygens (including phenoxy) is 2. The minimum absolute atomic E-state index is 0.274. The van der Waals surface area contributed by atoms with Crippen LogP contribution in [0.3, 0.4) is 0 Å². The number of thiophene rings is 1. The summed E-state index contributed by atoms with van der Waals surface area (Å²) in [5, 5.41) is 5.24. The molecular formula is C22H27NO3S. The minimum Gasteiger partial charge on any atom is -0.494 e. The monoisotopic (exact) mass is 385 g/mol. The average Bonchev–Trinajstić information content (AvgIpc) is 3.31. The zero-order valence-corrected chi connectivity index (χ0v) is 16.9. The number of benzene rings is 1. The Labute approximate surface area is 164 Å². The molecule has 0 aliphatic heterocycles. The van der Waals surface area contributed by atoms with Gasteiger partial charge in [0.15, 0.2) is 0 Å². The van der Waals surface area contributed by atoms with E-state index in [2.05, 4.69) is 28.3 Å². The lowest BCUT2D eigenvalue weighted by Gasteiger charge is -2.10. The van der Waals surface area contributed by atoms with Crippen molar-refractivity contribution in [1.29, 1.82) is 0 Å². The van der Waals surface area contributed by atoms with Gasteiger partial charge in [0.05, 0.1) is 13.2 Å². The van der Waals surface area contributed by atoms with E-state index >= 15 is 0 Å². The predicted octanol–water partition coefficient (Wildman–Crippen LogP) is 5.69. The summed E-state index contributed by atoms with van der Waals surface area (Å²) in [5.74, 6) is 0.577. The van der Waals surface area contributed by atoms with E-state index in [1.54, 1.807) is 11.3 Å². The largest absolute Gasteiger partial charge is 0.494 e. The van der Waals surface area contributed by atoms with E-state index in [1.165, 1.54) is 18.4 Å². The summed E-state index contributed by atoms with van der Waals surface area (Å²) in [6, 6.07) is 10.1. The Morgan fingerprint density at radius 2 is 2.04 bits per heavy atom. The number of unbranched alkanes of at least 4 members (excludes halogenated alkanes) is 2. The topological polar surface area (TPSA) is 40.5 Å². The summed E-state index contributed by atoms with van der Waals surface area (Å²) in [6.45, 7) is 5.85. The highest BCUT2D eigenvalue weighted by molar-refractivity contribution is 7.07. The molecule has 0 saturated heterocycles. The Bertz CT molecular complexity index is 867. The van der Waals surface area contributed by atoms with Crippen molar-refractivity contribution in [2.45, 2.75) is 46.1 Å². The van der Waals surface area contributed by atoms with Gasteiger partial charge in [0.25, 0.3) is 0 Å². The van der Waals surface area contributed by atoms with Gasteiger partial charge in [-0.25, -0.2) is 4.79 Å². The second kappa shape index (κ2) is 9.60. The minimum atomic E-state index is -0.274. The maximum absolute atomic E-state index is 12.5. The summed E-state index contributed by atoms with van der Waals surface area (Å²) in [6.07, 6.45) is 4.30. The van der Waals surface area contributed by atoms with Gasteiger partial charge >= 0.3 is 5.97 Å². The normalized spacial score (nSPS) is 11.0. The number of hydrogen-bond acceptors (Lipinski definition) is 4. The molecule has 144 valence electrons. The third-order valence-electron chi connectivity index (χ3n) is 4.58. The van der Waals surface area contributed by atoms with Gasteiger partial charge in [-0.3, -0.25) is 0 Å². The van der Waals surface area contributed by atoms with E-state index < -0.39 is 0 Å². The van der Waals surface area contributed by atoms with Crippen molar-refractivity contribution in [3.63, 3.8) is 0 Å². The van der Waals surface area contributed by atoms with Crippen LogP contribution in [0.5, 0.6) is 5.75 Å². The van der Waals surface area contributed by atoms with Gasteiger partial charge in [-0.15, -0.1) is 0 Å². The number of carbonyl (C=O) groups is 1. The van der Waals surface area contributed by atoms with Crippen molar-refractivity contribution in [3.8, 4) is 5.75 Å². The van der Waals surface area contributed by atoms with Crippen LogP contribution in [0.2, 0.25) is 0 Å². The van der Waals surface area contributed by atoms with E-state index in [-0.39, 0.29) is 5.97 Å². The molecule has 5 heteroatoms. The lowest BCUT2D eigenvalue weighted by Crippen LogP contribution is -2.13. The molecule has 4 nitrogen and oxygen atoms in total. The molecule has 1 aromatic carbocycles. The van der Waals surface area contributed by atoms with Crippen LogP contribution in [0, 0.1) is 0 Å². The SMILES string of the molecule is CCCCCOc1ccc2c(c1)cc(C(=O)OCC)n2CCc1ccsc1. The van der Waals surface area contributed by atoms with Gasteiger partial charge in [-0.05, 0) is 66.4 Å². The van der Waals surface area contributed by atoms with E-state index in [0.717, 1.165) is 42.6 Å². The summed E-state index contributed by atoms with van der Waals surface area (Å²) in [5.41, 5.74) is 2.92. The molecule has 0 aliphatic rings. The predicted molar refractivity (Wildman–Crippen MR) is 111 cm³/mol. The Morgan fingerprint density at radius 1 is 1.15 bits per heavy atom. The smallest absolute Gasteiger partial charge is 0.354 e. The van der Waals surface area contributed by atoms with Crippen LogP contribution in [0.15, 0.2) is 41.1 Å². The molecule has 0 amide bonds. The molecule has 0 unspecified atom stereocenters. The summed E-state index contributed by atoms with van der Waals surface area (Å²) >= 11 is 1.69. The summed E-state index contributed by atoms with van der Waals surface area (Å²) in [4.78, 5) is 12.5. The Kier molecular flexibility index (Phi) is 6.93. The average molecular weight is 386 g/mol. The van der Waals surface area contributed by atoms with Crippen LogP contribution in [-0.2, 0) is 17.7 Å². The Balaban J connectivity index is 1.85. The highest BCUT2D eigenvalue weighted by Crippen LogP contribution is 2.26. The van der Waals surface area contributed by atoms with Gasteiger partial charge in [0, 0.05) is 17.4 Å². The van der Waals surface area contributed by atoms with E-state index in [9.17, 15) is 4.79 Å². The highest BCUT2D eigenvalue weighted by Gasteiger charge is 2.17.